The van der Waals surface area contributed by atoms with Gasteiger partial charge in [0, 0.05) is 13.1 Å². The minimum atomic E-state index is -1.00. The molecule has 3 aromatic carbocycles. The van der Waals surface area contributed by atoms with Crippen LogP contribution in [0, 0.1) is 0 Å². The highest BCUT2D eigenvalue weighted by molar-refractivity contribution is 5.90. The van der Waals surface area contributed by atoms with Gasteiger partial charge < -0.3 is 10.4 Å². The third-order valence-corrected chi connectivity index (χ3v) is 6.68. The number of ketones is 1. The van der Waals surface area contributed by atoms with Crippen molar-refractivity contribution >= 4 is 11.9 Å². The normalized spacial score (nSPS) is 14.9. The molecule has 0 unspecified atom stereocenters. The highest BCUT2D eigenvalue weighted by Gasteiger charge is 2.38. The molecule has 0 aliphatic heterocycles. The van der Waals surface area contributed by atoms with Gasteiger partial charge in [0.25, 0.3) is 0 Å². The van der Waals surface area contributed by atoms with Crippen molar-refractivity contribution in [2.75, 3.05) is 13.1 Å². The smallest absolute Gasteiger partial charge is 0.405 e. The summed E-state index contributed by atoms with van der Waals surface area (Å²) in [6.07, 6.45) is 2.56. The lowest BCUT2D eigenvalue weighted by Gasteiger charge is -2.35. The fraction of sp³-hybridized carbons (Fsp3) is 0.310. The van der Waals surface area contributed by atoms with E-state index >= 15 is 0 Å². The second-order valence-corrected chi connectivity index (χ2v) is 9.27. The maximum Gasteiger partial charge on any atom is 0.405 e. The first-order valence-electron chi connectivity index (χ1n) is 11.9. The fourth-order valence-corrected chi connectivity index (χ4v) is 5.21. The minimum absolute atomic E-state index is 0.108. The molecule has 0 bridgehead atoms. The lowest BCUT2D eigenvalue weighted by atomic mass is 9.87. The molecule has 0 saturated heterocycles. The van der Waals surface area contributed by atoms with Gasteiger partial charge >= 0.3 is 6.09 Å². The number of nitrogens with one attached hydrogen (secondary N) is 1. The zero-order valence-corrected chi connectivity index (χ0v) is 19.4. The third-order valence-electron chi connectivity index (χ3n) is 6.68. The first kappa shape index (κ1) is 23.7. The number of rotatable bonds is 10. The number of hydrogen-bond donors (Lipinski definition) is 2. The van der Waals surface area contributed by atoms with Crippen molar-refractivity contribution in [3.63, 3.8) is 0 Å². The number of carbonyl (C=O) groups is 2. The molecule has 1 fully saturated rings. The Kier molecular flexibility index (Phi) is 7.76. The molecule has 1 amide bonds. The Morgan fingerprint density at radius 2 is 1.32 bits per heavy atom. The monoisotopic (exact) mass is 456 g/mol. The number of amides is 1. The van der Waals surface area contributed by atoms with Crippen molar-refractivity contribution in [2.45, 2.75) is 43.7 Å². The van der Waals surface area contributed by atoms with Crippen LogP contribution >= 0.6 is 0 Å². The lowest BCUT2D eigenvalue weighted by Crippen LogP contribution is -2.54. The molecule has 0 spiro atoms. The molecule has 1 aliphatic rings. The SMILES string of the molecule is O=C(O)NC1(CN(CC(=O)C(c2ccccc2)c2ccccc2)Cc2ccccc2)CCCC1. The van der Waals surface area contributed by atoms with Gasteiger partial charge in [0.15, 0.2) is 5.78 Å². The van der Waals surface area contributed by atoms with Crippen LogP contribution in [-0.4, -0.2) is 40.5 Å². The van der Waals surface area contributed by atoms with Crippen LogP contribution in [0.5, 0.6) is 0 Å². The van der Waals surface area contributed by atoms with E-state index in [1.165, 1.54) is 0 Å². The van der Waals surface area contributed by atoms with Crippen LogP contribution in [-0.2, 0) is 11.3 Å². The van der Waals surface area contributed by atoms with E-state index in [0.717, 1.165) is 42.4 Å². The average molecular weight is 457 g/mol. The molecule has 0 heterocycles. The highest BCUT2D eigenvalue weighted by Crippen LogP contribution is 2.32. The van der Waals surface area contributed by atoms with Gasteiger partial charge in [-0.15, -0.1) is 0 Å². The zero-order chi connectivity index (χ0) is 23.8. The van der Waals surface area contributed by atoms with Gasteiger partial charge in [-0.3, -0.25) is 9.69 Å². The summed E-state index contributed by atoms with van der Waals surface area (Å²) in [4.78, 5) is 27.6. The molecule has 3 aromatic rings. The topological polar surface area (TPSA) is 69.6 Å². The summed E-state index contributed by atoms with van der Waals surface area (Å²) in [7, 11) is 0. The van der Waals surface area contributed by atoms with Gasteiger partial charge in [0.05, 0.1) is 18.0 Å². The van der Waals surface area contributed by atoms with E-state index in [0.29, 0.717) is 13.1 Å². The summed E-state index contributed by atoms with van der Waals surface area (Å²) < 4.78 is 0. The molecule has 1 saturated carbocycles. The minimum Gasteiger partial charge on any atom is -0.465 e. The number of Topliss-reactive ketones (excluding diaryl/α,β-unsaturated/α-hetero) is 1. The number of carboxylic acid groups (broad SMARTS) is 1. The summed E-state index contributed by atoms with van der Waals surface area (Å²) in [6.45, 7) is 1.34. The first-order chi connectivity index (χ1) is 16.5. The van der Waals surface area contributed by atoms with E-state index in [4.69, 9.17) is 0 Å². The van der Waals surface area contributed by atoms with Crippen LogP contribution in [0.15, 0.2) is 91.0 Å². The Balaban J connectivity index is 1.62. The van der Waals surface area contributed by atoms with Crippen molar-refractivity contribution < 1.29 is 14.7 Å². The van der Waals surface area contributed by atoms with Crippen LogP contribution in [0.1, 0.15) is 48.3 Å². The molecule has 0 aromatic heterocycles. The summed E-state index contributed by atoms with van der Waals surface area (Å²) in [5.41, 5.74) is 2.53. The molecule has 34 heavy (non-hydrogen) atoms. The lowest BCUT2D eigenvalue weighted by molar-refractivity contribution is -0.121. The maximum absolute atomic E-state index is 13.9. The quantitative estimate of drug-likeness (QED) is 0.424. The second kappa shape index (κ2) is 11.1. The van der Waals surface area contributed by atoms with E-state index in [-0.39, 0.29) is 18.2 Å². The largest absolute Gasteiger partial charge is 0.465 e. The van der Waals surface area contributed by atoms with E-state index in [1.54, 1.807) is 0 Å². The van der Waals surface area contributed by atoms with Crippen molar-refractivity contribution in [1.82, 2.24) is 10.2 Å². The molecule has 5 heteroatoms. The van der Waals surface area contributed by atoms with E-state index < -0.39 is 11.6 Å². The Labute approximate surface area is 201 Å². The summed E-state index contributed by atoms with van der Waals surface area (Å²) in [5, 5.41) is 12.3. The van der Waals surface area contributed by atoms with Crippen LogP contribution < -0.4 is 5.32 Å². The molecule has 4 rings (SSSR count). The van der Waals surface area contributed by atoms with Crippen molar-refractivity contribution in [3.05, 3.63) is 108 Å². The molecule has 0 atom stereocenters. The van der Waals surface area contributed by atoms with Crippen LogP contribution in [0.3, 0.4) is 0 Å². The number of benzene rings is 3. The van der Waals surface area contributed by atoms with Crippen LogP contribution in [0.2, 0.25) is 0 Å². The molecule has 5 nitrogen and oxygen atoms in total. The molecule has 176 valence electrons. The Hall–Kier alpha value is -3.44. The molecule has 1 aliphatic carbocycles. The average Bonchev–Trinajstić information content (AvgIpc) is 3.28. The number of hydrogen-bond acceptors (Lipinski definition) is 3. The fourth-order valence-electron chi connectivity index (χ4n) is 5.21. The first-order valence-corrected chi connectivity index (χ1v) is 11.9. The third kappa shape index (κ3) is 6.12. The van der Waals surface area contributed by atoms with Crippen molar-refractivity contribution in [2.24, 2.45) is 0 Å². The van der Waals surface area contributed by atoms with E-state index in [9.17, 15) is 14.7 Å². The maximum atomic E-state index is 13.9. The summed E-state index contributed by atoms with van der Waals surface area (Å²) >= 11 is 0. The van der Waals surface area contributed by atoms with Crippen LogP contribution in [0.4, 0.5) is 4.79 Å². The molecule has 0 radical (unpaired) electrons. The Bertz CT molecular complexity index is 1020. The van der Waals surface area contributed by atoms with Gasteiger partial charge in [0.1, 0.15) is 0 Å². The number of nitrogens with zero attached hydrogens (tertiary/aromatic N) is 1. The van der Waals surface area contributed by atoms with Gasteiger partial charge in [-0.05, 0) is 29.5 Å². The molecular weight excluding hydrogens is 424 g/mol. The Morgan fingerprint density at radius 1 is 0.824 bits per heavy atom. The molecule has 2 N–H and O–H groups in total. The zero-order valence-electron chi connectivity index (χ0n) is 19.4. The van der Waals surface area contributed by atoms with E-state index in [2.05, 4.69) is 22.3 Å². The number of carbonyl (C=O) groups excluding carboxylic acids is 1. The van der Waals surface area contributed by atoms with Crippen molar-refractivity contribution in [3.8, 4) is 0 Å². The predicted molar refractivity (Wildman–Crippen MR) is 134 cm³/mol. The molecular formula is C29H32N2O3. The van der Waals surface area contributed by atoms with Gasteiger partial charge in [0.2, 0.25) is 0 Å². The highest BCUT2D eigenvalue weighted by atomic mass is 16.4. The van der Waals surface area contributed by atoms with E-state index in [1.807, 2.05) is 78.9 Å². The standard InChI is InChI=1S/C29H32N2O3/c32-26(27(24-14-6-2-7-15-24)25-16-8-3-9-17-25)21-31(20-23-12-4-1-5-13-23)22-29(30-28(33)34)18-10-11-19-29/h1-9,12-17,27,30H,10-11,18-22H2,(H,33,34). The van der Waals surface area contributed by atoms with Gasteiger partial charge in [-0.1, -0.05) is 104 Å². The summed E-state index contributed by atoms with van der Waals surface area (Å²) in [6, 6.07) is 29.8. The van der Waals surface area contributed by atoms with Crippen LogP contribution in [0.25, 0.3) is 0 Å². The van der Waals surface area contributed by atoms with Crippen molar-refractivity contribution in [1.29, 1.82) is 0 Å². The van der Waals surface area contributed by atoms with Gasteiger partial charge in [-0.25, -0.2) is 4.79 Å². The Morgan fingerprint density at radius 3 is 1.82 bits per heavy atom. The summed E-state index contributed by atoms with van der Waals surface area (Å²) in [5.74, 6) is -0.260. The predicted octanol–water partition coefficient (Wildman–Crippen LogP) is 5.47. The second-order valence-electron chi connectivity index (χ2n) is 9.27. The van der Waals surface area contributed by atoms with Gasteiger partial charge in [-0.2, -0.15) is 0 Å².